The Labute approximate surface area is 501 Å². The fourth-order valence-corrected chi connectivity index (χ4v) is 11.4. The van der Waals surface area contributed by atoms with Crippen molar-refractivity contribution in [2.24, 2.45) is 5.92 Å². The molecule has 3 aliphatic rings. The summed E-state index contributed by atoms with van der Waals surface area (Å²) in [6, 6.07) is -1.63. The van der Waals surface area contributed by atoms with Gasteiger partial charge < -0.3 is 100 Å². The first-order valence-corrected chi connectivity index (χ1v) is 32.7. The second-order valence-electron chi connectivity index (χ2n) is 24.8. The van der Waals surface area contributed by atoms with Gasteiger partial charge in [0.2, 0.25) is 0 Å². The number of hydrogen-bond acceptors (Lipinski definition) is 21. The lowest BCUT2D eigenvalue weighted by molar-refractivity contribution is -0.386. The zero-order valence-corrected chi connectivity index (χ0v) is 51.5. The van der Waals surface area contributed by atoms with Crippen LogP contribution in [0.5, 0.6) is 0 Å². The molecule has 0 saturated carbocycles. The van der Waals surface area contributed by atoms with Crippen molar-refractivity contribution in [3.05, 3.63) is 0 Å². The highest BCUT2D eigenvalue weighted by molar-refractivity contribution is 6.05. The fraction of sp³-hybridized carbons (Fsp3) is 0.968. The number of aliphatic hydroxyl groups is 13. The molecule has 3 fully saturated rings. The van der Waals surface area contributed by atoms with Gasteiger partial charge in [0.05, 0.1) is 38.1 Å². The second-order valence-corrected chi connectivity index (χ2v) is 24.8. The van der Waals surface area contributed by atoms with Crippen molar-refractivity contribution >= 4 is 11.7 Å². The average molecular weight is 1210 g/mol. The van der Waals surface area contributed by atoms with Gasteiger partial charge in [-0.05, 0) is 25.7 Å². The molecule has 0 aromatic carbocycles. The topological polar surface area (TPSA) is 365 Å². The van der Waals surface area contributed by atoms with E-state index in [1.54, 1.807) is 0 Å². The van der Waals surface area contributed by atoms with Gasteiger partial charge >= 0.3 is 0 Å². The van der Waals surface area contributed by atoms with Gasteiger partial charge in [-0.3, -0.25) is 9.59 Å². The summed E-state index contributed by atoms with van der Waals surface area (Å²) < 4.78 is 34.9. The van der Waals surface area contributed by atoms with E-state index in [0.717, 1.165) is 64.2 Å². The molecule has 3 rings (SSSR count). The molecule has 20 atom stereocenters. The van der Waals surface area contributed by atoms with Gasteiger partial charge in [0.15, 0.2) is 30.8 Å². The summed E-state index contributed by atoms with van der Waals surface area (Å²) in [4.78, 5) is 26.9. The summed E-state index contributed by atoms with van der Waals surface area (Å²) >= 11 is 0. The third-order valence-corrected chi connectivity index (χ3v) is 17.1. The first kappa shape index (κ1) is 76.6. The van der Waals surface area contributed by atoms with Gasteiger partial charge in [0.25, 0.3) is 5.91 Å². The van der Waals surface area contributed by atoms with E-state index in [-0.39, 0.29) is 12.8 Å². The second kappa shape index (κ2) is 43.9. The Hall–Kier alpha value is -1.62. The maximum Gasteiger partial charge on any atom is 0.257 e. The minimum Gasteiger partial charge on any atom is -0.394 e. The number of ketones is 1. The zero-order valence-electron chi connectivity index (χ0n) is 51.5. The van der Waals surface area contributed by atoms with Gasteiger partial charge in [-0.15, -0.1) is 0 Å². The number of aliphatic hydroxyl groups excluding tert-OH is 13. The van der Waals surface area contributed by atoms with Crippen LogP contribution in [0.2, 0.25) is 0 Å². The predicted octanol–water partition coefficient (Wildman–Crippen LogP) is 4.14. The number of ether oxygens (including phenoxy) is 6. The lowest BCUT2D eigenvalue weighted by atomic mass is 9.96. The molecule has 1 amide bonds. The first-order chi connectivity index (χ1) is 40.3. The summed E-state index contributed by atoms with van der Waals surface area (Å²) in [7, 11) is 0. The van der Waals surface area contributed by atoms with Crippen LogP contribution in [-0.4, -0.2) is 220 Å². The number of rotatable bonds is 48. The number of amides is 1. The summed E-state index contributed by atoms with van der Waals surface area (Å²) in [5.74, 6) is -1.80. The van der Waals surface area contributed by atoms with Crippen molar-refractivity contribution in [3.63, 3.8) is 0 Å². The Kier molecular flexibility index (Phi) is 40.1. The van der Waals surface area contributed by atoms with Crippen LogP contribution in [0, 0.1) is 5.92 Å². The molecule has 0 radical (unpaired) electrons. The van der Waals surface area contributed by atoms with Crippen molar-refractivity contribution in [3.8, 4) is 0 Å². The Morgan fingerprint density at radius 3 is 1.33 bits per heavy atom. The van der Waals surface area contributed by atoms with Crippen LogP contribution in [0.25, 0.3) is 0 Å². The van der Waals surface area contributed by atoms with Gasteiger partial charge in [0, 0.05) is 0 Å². The van der Waals surface area contributed by atoms with Crippen LogP contribution in [0.3, 0.4) is 0 Å². The molecule has 0 aliphatic carbocycles. The van der Waals surface area contributed by atoms with E-state index in [2.05, 4.69) is 26.1 Å². The van der Waals surface area contributed by atoms with Crippen molar-refractivity contribution in [2.45, 2.75) is 356 Å². The zero-order chi connectivity index (χ0) is 62.0. The van der Waals surface area contributed by atoms with Crippen LogP contribution < -0.4 is 5.32 Å². The van der Waals surface area contributed by atoms with Crippen molar-refractivity contribution in [1.29, 1.82) is 0 Å². The minimum atomic E-state index is -2.39. The van der Waals surface area contributed by atoms with E-state index in [9.17, 15) is 76.0 Å². The molecule has 3 aliphatic heterocycles. The number of nitrogens with one attached hydrogen (secondary N) is 1. The van der Waals surface area contributed by atoms with E-state index in [4.69, 9.17) is 28.4 Å². The lowest BCUT2D eigenvalue weighted by Gasteiger charge is -2.49. The molecule has 0 spiro atoms. The van der Waals surface area contributed by atoms with Gasteiger partial charge in [0.1, 0.15) is 79.4 Å². The van der Waals surface area contributed by atoms with Crippen LogP contribution >= 0.6 is 0 Å². The standard InChI is InChI=1S/C62H117NO21/c1-5-6-7-8-9-10-11-12-13-14-15-16-17-18-19-20-23-27-30-33-36-44(67)49(70)53(74)59(78)63-42(48(69)43(66)35-32-29-26-24-21-22-25-28-31-34-40(2)3)39-79-60-56(77)58(84-61-54(75)51(72)47(68)41(4)80-61)57(46(38-65)82-60)83-62-55(76)52(73)50(71)45(37-64)81-62/h40-48,50-58,60-62,64-69,71-77H,5-39H2,1-4H3,(H,63,78). The van der Waals surface area contributed by atoms with Crippen molar-refractivity contribution < 1.29 is 104 Å². The minimum absolute atomic E-state index is 0.00293. The summed E-state index contributed by atoms with van der Waals surface area (Å²) in [5, 5.41) is 143. The van der Waals surface area contributed by atoms with Crippen LogP contribution in [0.15, 0.2) is 0 Å². The molecule has 84 heavy (non-hydrogen) atoms. The quantitative estimate of drug-likeness (QED) is 0.0301. The molecule has 3 saturated heterocycles. The molecule has 22 nitrogen and oxygen atoms in total. The fourth-order valence-electron chi connectivity index (χ4n) is 11.4. The van der Waals surface area contributed by atoms with Crippen molar-refractivity contribution in [2.75, 3.05) is 19.8 Å². The smallest absolute Gasteiger partial charge is 0.257 e. The maximum atomic E-state index is 13.6. The molecular weight excluding hydrogens is 1090 g/mol. The summed E-state index contributed by atoms with van der Waals surface area (Å²) in [6.45, 7) is 5.46. The van der Waals surface area contributed by atoms with Gasteiger partial charge in [-0.25, -0.2) is 0 Å². The third-order valence-electron chi connectivity index (χ3n) is 17.1. The van der Waals surface area contributed by atoms with E-state index in [1.807, 2.05) is 0 Å². The SMILES string of the molecule is CCCCCCCCCCCCCCCCCCCCCCC(O)C(=O)C(O)C(=O)NC(COC1OC(CO)C(OC2OC(CO)C(O)C(O)C2O)C(OC2OC(C)C(O)C(O)C2O)C1O)C(O)C(O)CCCCCCCCCCCC(C)C. The summed E-state index contributed by atoms with van der Waals surface area (Å²) in [5.41, 5.74) is 0. The number of Topliss-reactive ketones (excluding diaryl/α,β-unsaturated/α-hetero) is 1. The highest BCUT2D eigenvalue weighted by Gasteiger charge is 2.54. The molecule has 496 valence electrons. The predicted molar refractivity (Wildman–Crippen MR) is 313 cm³/mol. The number of unbranched alkanes of at least 4 members (excludes halogenated alkanes) is 27. The molecule has 14 N–H and O–H groups in total. The molecule has 0 aromatic heterocycles. The van der Waals surface area contributed by atoms with E-state index in [0.29, 0.717) is 18.8 Å². The van der Waals surface area contributed by atoms with Crippen LogP contribution in [0.4, 0.5) is 0 Å². The van der Waals surface area contributed by atoms with Gasteiger partial charge in [-0.2, -0.15) is 0 Å². The van der Waals surface area contributed by atoms with E-state index < -0.39 is 154 Å². The van der Waals surface area contributed by atoms with Crippen LogP contribution in [0.1, 0.15) is 233 Å². The molecule has 22 heteroatoms. The highest BCUT2D eigenvalue weighted by Crippen LogP contribution is 2.34. The average Bonchev–Trinajstić information content (AvgIpc) is 3.59. The largest absolute Gasteiger partial charge is 0.394 e. The Balaban J connectivity index is 1.63. The maximum absolute atomic E-state index is 13.6. The highest BCUT2D eigenvalue weighted by atomic mass is 16.8. The molecule has 3 heterocycles. The van der Waals surface area contributed by atoms with Crippen molar-refractivity contribution in [1.82, 2.24) is 5.32 Å². The Morgan fingerprint density at radius 1 is 0.464 bits per heavy atom. The Morgan fingerprint density at radius 2 is 0.869 bits per heavy atom. The molecule has 0 aromatic rings. The third kappa shape index (κ3) is 27.6. The number of hydrogen-bond donors (Lipinski definition) is 14. The molecule has 0 bridgehead atoms. The number of carbonyl (C=O) groups is 2. The normalized spacial score (nSPS) is 30.3. The summed E-state index contributed by atoms with van der Waals surface area (Å²) in [6.07, 6.45) is 0.262. The monoisotopic (exact) mass is 1210 g/mol. The van der Waals surface area contributed by atoms with E-state index in [1.165, 1.54) is 122 Å². The van der Waals surface area contributed by atoms with E-state index >= 15 is 0 Å². The molecular formula is C62H117NO21. The number of carbonyl (C=O) groups excluding carboxylic acids is 2. The van der Waals surface area contributed by atoms with Crippen LogP contribution in [-0.2, 0) is 38.0 Å². The Bertz CT molecular complexity index is 1670. The lowest BCUT2D eigenvalue weighted by Crippen LogP contribution is -2.67. The van der Waals surface area contributed by atoms with Gasteiger partial charge in [-0.1, -0.05) is 213 Å². The first-order valence-electron chi connectivity index (χ1n) is 32.7. The molecule has 20 unspecified atom stereocenters.